The Morgan fingerprint density at radius 2 is 2.00 bits per heavy atom. The van der Waals surface area contributed by atoms with Crippen LogP contribution in [-0.4, -0.2) is 30.5 Å². The van der Waals surface area contributed by atoms with Crippen molar-refractivity contribution in [3.8, 4) is 5.75 Å². The molecule has 28 heavy (non-hydrogen) atoms. The van der Waals surface area contributed by atoms with Gasteiger partial charge in [-0.3, -0.25) is 14.4 Å². The molecule has 4 rings (SSSR count). The molecule has 0 bridgehead atoms. The SMILES string of the molecule is CN1C(=O)COc2c(NC(=O)CCc3cc4ccccc4[nH]c3=O)cccc21. The zero-order chi connectivity index (χ0) is 19.7. The molecular weight excluding hydrogens is 358 g/mol. The van der Waals surface area contributed by atoms with Crippen molar-refractivity contribution in [2.75, 3.05) is 23.9 Å². The molecule has 0 atom stereocenters. The monoisotopic (exact) mass is 377 g/mol. The molecule has 2 N–H and O–H groups in total. The van der Waals surface area contributed by atoms with Gasteiger partial charge in [0, 0.05) is 24.5 Å². The van der Waals surface area contributed by atoms with Crippen molar-refractivity contribution in [2.24, 2.45) is 0 Å². The standard InChI is InChI=1S/C21H19N3O4/c1-24-17-8-4-7-16(20(17)28-12-19(24)26)22-18(25)10-9-14-11-13-5-2-3-6-15(13)23-21(14)27/h2-8,11H,9-10,12H2,1H3,(H,22,25)(H,23,27). The number of carbonyl (C=O) groups excluding carboxylic acids is 2. The molecule has 7 heteroatoms. The van der Waals surface area contributed by atoms with E-state index in [4.69, 9.17) is 4.74 Å². The number of H-pyrrole nitrogens is 1. The molecule has 2 heterocycles. The summed E-state index contributed by atoms with van der Waals surface area (Å²) in [5.74, 6) is 0.0946. The van der Waals surface area contributed by atoms with Crippen molar-refractivity contribution in [1.29, 1.82) is 0 Å². The number of likely N-dealkylation sites (N-methyl/N-ethyl adjacent to an activating group) is 1. The van der Waals surface area contributed by atoms with E-state index in [-0.39, 0.29) is 30.4 Å². The van der Waals surface area contributed by atoms with Gasteiger partial charge >= 0.3 is 0 Å². The number of benzene rings is 2. The fraction of sp³-hybridized carbons (Fsp3) is 0.190. The number of aryl methyl sites for hydroxylation is 1. The molecule has 1 aliphatic rings. The van der Waals surface area contributed by atoms with Crippen LogP contribution in [0.4, 0.5) is 11.4 Å². The highest BCUT2D eigenvalue weighted by molar-refractivity contribution is 6.01. The lowest BCUT2D eigenvalue weighted by Crippen LogP contribution is -2.35. The molecule has 1 aromatic heterocycles. The first-order valence-corrected chi connectivity index (χ1v) is 8.96. The minimum Gasteiger partial charge on any atom is -0.479 e. The Labute approximate surface area is 160 Å². The lowest BCUT2D eigenvalue weighted by Gasteiger charge is -2.27. The molecule has 0 saturated heterocycles. The van der Waals surface area contributed by atoms with E-state index in [0.29, 0.717) is 29.1 Å². The molecule has 3 aromatic rings. The largest absolute Gasteiger partial charge is 0.479 e. The molecule has 2 aromatic carbocycles. The van der Waals surface area contributed by atoms with Crippen LogP contribution in [0.3, 0.4) is 0 Å². The second-order valence-corrected chi connectivity index (χ2v) is 6.65. The smallest absolute Gasteiger partial charge is 0.264 e. The number of ether oxygens (including phenoxy) is 1. The Morgan fingerprint density at radius 1 is 1.18 bits per heavy atom. The normalized spacial score (nSPS) is 13.2. The maximum absolute atomic E-state index is 12.4. The van der Waals surface area contributed by atoms with E-state index in [1.807, 2.05) is 30.3 Å². The van der Waals surface area contributed by atoms with Crippen molar-refractivity contribution < 1.29 is 14.3 Å². The van der Waals surface area contributed by atoms with Gasteiger partial charge in [-0.2, -0.15) is 0 Å². The third-order valence-corrected chi connectivity index (χ3v) is 4.80. The number of aromatic nitrogens is 1. The minimum atomic E-state index is -0.232. The van der Waals surface area contributed by atoms with Gasteiger partial charge in [0.15, 0.2) is 12.4 Å². The molecule has 0 unspecified atom stereocenters. The van der Waals surface area contributed by atoms with Gasteiger partial charge in [-0.1, -0.05) is 24.3 Å². The number of para-hydroxylation sites is 2. The zero-order valence-electron chi connectivity index (χ0n) is 15.3. The lowest BCUT2D eigenvalue weighted by molar-refractivity contribution is -0.121. The number of anilines is 2. The lowest BCUT2D eigenvalue weighted by atomic mass is 10.1. The summed E-state index contributed by atoms with van der Waals surface area (Å²) in [4.78, 5) is 40.7. The third kappa shape index (κ3) is 3.34. The molecule has 1 aliphatic heterocycles. The summed E-state index contributed by atoms with van der Waals surface area (Å²) >= 11 is 0. The quantitative estimate of drug-likeness (QED) is 0.731. The third-order valence-electron chi connectivity index (χ3n) is 4.80. The number of hydrogen-bond acceptors (Lipinski definition) is 4. The van der Waals surface area contributed by atoms with Gasteiger partial charge < -0.3 is 19.9 Å². The van der Waals surface area contributed by atoms with Crippen LogP contribution in [0.15, 0.2) is 53.3 Å². The molecule has 142 valence electrons. The van der Waals surface area contributed by atoms with Gasteiger partial charge in [0.2, 0.25) is 5.91 Å². The second kappa shape index (κ2) is 7.19. The summed E-state index contributed by atoms with van der Waals surface area (Å²) in [7, 11) is 1.67. The Morgan fingerprint density at radius 3 is 2.86 bits per heavy atom. The van der Waals surface area contributed by atoms with E-state index in [2.05, 4.69) is 10.3 Å². The Balaban J connectivity index is 1.48. The van der Waals surface area contributed by atoms with Crippen molar-refractivity contribution in [2.45, 2.75) is 12.8 Å². The van der Waals surface area contributed by atoms with E-state index in [1.165, 1.54) is 4.90 Å². The van der Waals surface area contributed by atoms with Gasteiger partial charge in [0.25, 0.3) is 11.5 Å². The number of nitrogens with zero attached hydrogens (tertiary/aromatic N) is 1. The van der Waals surface area contributed by atoms with E-state index in [0.717, 1.165) is 10.9 Å². The van der Waals surface area contributed by atoms with E-state index in [9.17, 15) is 14.4 Å². The first-order chi connectivity index (χ1) is 13.5. The number of aromatic amines is 1. The molecule has 0 fully saturated rings. The average molecular weight is 377 g/mol. The van der Waals surface area contributed by atoms with E-state index >= 15 is 0 Å². The fourth-order valence-electron chi connectivity index (χ4n) is 3.24. The summed E-state index contributed by atoms with van der Waals surface area (Å²) < 4.78 is 5.51. The maximum atomic E-state index is 12.4. The molecule has 0 aliphatic carbocycles. The van der Waals surface area contributed by atoms with Crippen molar-refractivity contribution in [1.82, 2.24) is 4.98 Å². The highest BCUT2D eigenvalue weighted by Gasteiger charge is 2.24. The van der Waals surface area contributed by atoms with Gasteiger partial charge in [0.05, 0.1) is 11.4 Å². The summed E-state index contributed by atoms with van der Waals surface area (Å²) in [6.45, 7) is -0.0666. The summed E-state index contributed by atoms with van der Waals surface area (Å²) in [6.07, 6.45) is 0.472. The number of fused-ring (bicyclic) bond motifs is 2. The van der Waals surface area contributed by atoms with Crippen LogP contribution < -0.4 is 20.5 Å². The first kappa shape index (κ1) is 17.8. The molecule has 0 spiro atoms. The minimum absolute atomic E-state index is 0.0666. The molecular formula is C21H19N3O4. The van der Waals surface area contributed by atoms with Crippen LogP contribution >= 0.6 is 0 Å². The Hall–Kier alpha value is -3.61. The highest BCUT2D eigenvalue weighted by atomic mass is 16.5. The topological polar surface area (TPSA) is 91.5 Å². The van der Waals surface area contributed by atoms with Crippen LogP contribution in [0.5, 0.6) is 5.75 Å². The average Bonchev–Trinajstić information content (AvgIpc) is 2.69. The van der Waals surface area contributed by atoms with Crippen molar-refractivity contribution in [3.63, 3.8) is 0 Å². The van der Waals surface area contributed by atoms with Crippen LogP contribution in [0.1, 0.15) is 12.0 Å². The summed E-state index contributed by atoms with van der Waals surface area (Å²) in [6, 6.07) is 14.6. The van der Waals surface area contributed by atoms with Gasteiger partial charge in [0.1, 0.15) is 0 Å². The summed E-state index contributed by atoms with van der Waals surface area (Å²) in [5, 5.41) is 3.74. The van der Waals surface area contributed by atoms with Crippen LogP contribution in [-0.2, 0) is 16.0 Å². The molecule has 2 amide bonds. The van der Waals surface area contributed by atoms with E-state index in [1.54, 1.807) is 25.2 Å². The molecule has 7 nitrogen and oxygen atoms in total. The van der Waals surface area contributed by atoms with Crippen LogP contribution in [0.25, 0.3) is 10.9 Å². The number of nitrogens with one attached hydrogen (secondary N) is 2. The van der Waals surface area contributed by atoms with Gasteiger partial charge in [-0.05, 0) is 36.1 Å². The van der Waals surface area contributed by atoms with Crippen molar-refractivity contribution in [3.05, 3.63) is 64.4 Å². The van der Waals surface area contributed by atoms with Crippen molar-refractivity contribution >= 4 is 34.1 Å². The maximum Gasteiger partial charge on any atom is 0.264 e. The summed E-state index contributed by atoms with van der Waals surface area (Å²) in [5.41, 5.74) is 2.26. The zero-order valence-corrected chi connectivity index (χ0v) is 15.3. The predicted molar refractivity (Wildman–Crippen MR) is 107 cm³/mol. The predicted octanol–water partition coefficient (Wildman–Crippen LogP) is 2.45. The Bertz CT molecular complexity index is 1140. The highest BCUT2D eigenvalue weighted by Crippen LogP contribution is 2.38. The molecule has 0 saturated carbocycles. The Kier molecular flexibility index (Phi) is 4.57. The number of amides is 2. The molecule has 0 radical (unpaired) electrons. The number of pyridine rings is 1. The van der Waals surface area contributed by atoms with Crippen LogP contribution in [0, 0.1) is 0 Å². The van der Waals surface area contributed by atoms with E-state index < -0.39 is 0 Å². The number of carbonyl (C=O) groups is 2. The number of rotatable bonds is 4. The van der Waals surface area contributed by atoms with Gasteiger partial charge in [-0.25, -0.2) is 0 Å². The van der Waals surface area contributed by atoms with Crippen LogP contribution in [0.2, 0.25) is 0 Å². The van der Waals surface area contributed by atoms with Gasteiger partial charge in [-0.15, -0.1) is 0 Å². The number of hydrogen-bond donors (Lipinski definition) is 2. The fourth-order valence-corrected chi connectivity index (χ4v) is 3.24. The second-order valence-electron chi connectivity index (χ2n) is 6.65. The first-order valence-electron chi connectivity index (χ1n) is 8.96.